The van der Waals surface area contributed by atoms with Crippen molar-refractivity contribution in [1.29, 1.82) is 0 Å². The third-order valence-electron chi connectivity index (χ3n) is 3.70. The van der Waals surface area contributed by atoms with E-state index >= 15 is 0 Å². The average molecular weight is 166 g/mol. The van der Waals surface area contributed by atoms with Crippen LogP contribution in [0, 0.1) is 11.3 Å². The Morgan fingerprint density at radius 3 is 2.67 bits per heavy atom. The summed E-state index contributed by atoms with van der Waals surface area (Å²) in [6, 6.07) is 0. The van der Waals surface area contributed by atoms with E-state index in [-0.39, 0.29) is 0 Å². The van der Waals surface area contributed by atoms with E-state index in [4.69, 9.17) is 4.74 Å². The topological polar surface area (TPSA) is 12.5 Å². The van der Waals surface area contributed by atoms with Crippen molar-refractivity contribution >= 4 is 0 Å². The number of epoxide rings is 1. The fraction of sp³-hybridized carbons (Fsp3) is 0.818. The smallest absolute Gasteiger partial charge is 0.0813 e. The minimum absolute atomic E-state index is 0.423. The summed E-state index contributed by atoms with van der Waals surface area (Å²) in [5.74, 6) is 0.824. The van der Waals surface area contributed by atoms with Gasteiger partial charge in [0.15, 0.2) is 0 Å². The van der Waals surface area contributed by atoms with Crippen LogP contribution < -0.4 is 0 Å². The first-order chi connectivity index (χ1) is 5.60. The third-order valence-corrected chi connectivity index (χ3v) is 3.70. The van der Waals surface area contributed by atoms with Gasteiger partial charge in [-0.1, -0.05) is 25.5 Å². The number of ether oxygens (including phenoxy) is 1. The van der Waals surface area contributed by atoms with Crippen molar-refractivity contribution in [1.82, 2.24) is 0 Å². The Morgan fingerprint density at radius 1 is 1.58 bits per heavy atom. The van der Waals surface area contributed by atoms with Crippen LogP contribution >= 0.6 is 0 Å². The highest BCUT2D eigenvalue weighted by Gasteiger charge is 2.38. The van der Waals surface area contributed by atoms with E-state index in [0.29, 0.717) is 11.5 Å². The second-order valence-corrected chi connectivity index (χ2v) is 4.73. The molecule has 0 aromatic heterocycles. The number of allylic oxidation sites excluding steroid dienone is 2. The average Bonchev–Trinajstić information content (AvgIpc) is 2.75. The predicted molar refractivity (Wildman–Crippen MR) is 50.0 cm³/mol. The van der Waals surface area contributed by atoms with Crippen LogP contribution in [0.1, 0.15) is 33.6 Å². The Morgan fingerprint density at radius 2 is 2.25 bits per heavy atom. The molecule has 0 saturated carbocycles. The molecule has 1 aliphatic heterocycles. The molecule has 0 amide bonds. The van der Waals surface area contributed by atoms with E-state index in [0.717, 1.165) is 12.5 Å². The Hall–Kier alpha value is -0.300. The molecule has 1 heteroatoms. The maximum Gasteiger partial charge on any atom is 0.0813 e. The molecule has 12 heavy (non-hydrogen) atoms. The normalized spacial score (nSPS) is 38.1. The van der Waals surface area contributed by atoms with Crippen LogP contribution in [0.3, 0.4) is 0 Å². The van der Waals surface area contributed by atoms with Crippen LogP contribution in [-0.2, 0) is 4.74 Å². The van der Waals surface area contributed by atoms with Crippen LogP contribution in [0.5, 0.6) is 0 Å². The van der Waals surface area contributed by atoms with Crippen molar-refractivity contribution < 1.29 is 4.74 Å². The van der Waals surface area contributed by atoms with Crippen molar-refractivity contribution in [2.75, 3.05) is 6.61 Å². The molecular formula is C11H18O. The van der Waals surface area contributed by atoms with Crippen LogP contribution in [0.25, 0.3) is 0 Å². The molecule has 1 nitrogen and oxygen atoms in total. The second kappa shape index (κ2) is 2.59. The Balaban J connectivity index is 1.99. The minimum Gasteiger partial charge on any atom is -0.373 e. The number of hydrogen-bond acceptors (Lipinski definition) is 1. The molecule has 0 unspecified atom stereocenters. The molecule has 2 rings (SSSR count). The Labute approximate surface area is 74.8 Å². The van der Waals surface area contributed by atoms with E-state index in [1.54, 1.807) is 5.57 Å². The summed E-state index contributed by atoms with van der Waals surface area (Å²) in [7, 11) is 0. The predicted octanol–water partition coefficient (Wildman–Crippen LogP) is 2.77. The van der Waals surface area contributed by atoms with Crippen LogP contribution in [-0.4, -0.2) is 12.7 Å². The van der Waals surface area contributed by atoms with Crippen molar-refractivity contribution in [3.63, 3.8) is 0 Å². The highest BCUT2D eigenvalue weighted by molar-refractivity contribution is 5.18. The lowest BCUT2D eigenvalue weighted by Gasteiger charge is -2.29. The molecule has 0 bridgehead atoms. The van der Waals surface area contributed by atoms with Gasteiger partial charge >= 0.3 is 0 Å². The lowest BCUT2D eigenvalue weighted by molar-refractivity contribution is 0.246. The lowest BCUT2D eigenvalue weighted by atomic mass is 9.76. The number of hydrogen-bond donors (Lipinski definition) is 0. The van der Waals surface area contributed by atoms with Gasteiger partial charge in [0.25, 0.3) is 0 Å². The van der Waals surface area contributed by atoms with Gasteiger partial charge in [-0.15, -0.1) is 0 Å². The lowest BCUT2D eigenvalue weighted by Crippen LogP contribution is -2.21. The van der Waals surface area contributed by atoms with Gasteiger partial charge < -0.3 is 4.74 Å². The fourth-order valence-electron chi connectivity index (χ4n) is 2.11. The summed E-state index contributed by atoms with van der Waals surface area (Å²) in [5.41, 5.74) is 1.99. The van der Waals surface area contributed by atoms with Gasteiger partial charge in [-0.3, -0.25) is 0 Å². The van der Waals surface area contributed by atoms with E-state index in [9.17, 15) is 0 Å². The molecule has 0 aromatic carbocycles. The van der Waals surface area contributed by atoms with E-state index < -0.39 is 0 Å². The molecule has 0 spiro atoms. The van der Waals surface area contributed by atoms with Crippen LogP contribution in [0.2, 0.25) is 0 Å². The highest BCUT2D eigenvalue weighted by Crippen LogP contribution is 2.46. The fourth-order valence-corrected chi connectivity index (χ4v) is 2.11. The molecule has 0 aromatic rings. The van der Waals surface area contributed by atoms with Gasteiger partial charge in [0.2, 0.25) is 0 Å². The third kappa shape index (κ3) is 1.31. The molecule has 0 radical (unpaired) electrons. The van der Waals surface area contributed by atoms with Gasteiger partial charge in [0.05, 0.1) is 12.7 Å². The van der Waals surface area contributed by atoms with Gasteiger partial charge in [-0.2, -0.15) is 0 Å². The molecule has 1 heterocycles. The van der Waals surface area contributed by atoms with Gasteiger partial charge in [-0.25, -0.2) is 0 Å². The Kier molecular flexibility index (Phi) is 1.80. The summed E-state index contributed by atoms with van der Waals surface area (Å²) in [6.45, 7) is 7.98. The molecular weight excluding hydrogens is 148 g/mol. The molecule has 0 N–H and O–H groups in total. The monoisotopic (exact) mass is 166 g/mol. The molecule has 1 fully saturated rings. The van der Waals surface area contributed by atoms with Gasteiger partial charge in [0, 0.05) is 0 Å². The van der Waals surface area contributed by atoms with Crippen molar-refractivity contribution in [2.45, 2.75) is 39.7 Å². The zero-order chi connectivity index (χ0) is 8.77. The largest absolute Gasteiger partial charge is 0.373 e. The molecule has 2 atom stereocenters. The standard InChI is InChI=1S/C11H18O/c1-8-4-5-9(11(8,2)3)6-10-7-12-10/h4,9-10H,5-7H2,1-3H3/t9-,10-/m0/s1. The van der Waals surface area contributed by atoms with Crippen molar-refractivity contribution in [2.24, 2.45) is 11.3 Å². The van der Waals surface area contributed by atoms with Gasteiger partial charge in [0.1, 0.15) is 0 Å². The quantitative estimate of drug-likeness (QED) is 0.454. The van der Waals surface area contributed by atoms with Crippen molar-refractivity contribution in [3.05, 3.63) is 11.6 Å². The maximum atomic E-state index is 5.28. The van der Waals surface area contributed by atoms with Gasteiger partial charge in [-0.05, 0) is 31.1 Å². The van der Waals surface area contributed by atoms with E-state index in [1.165, 1.54) is 12.8 Å². The summed E-state index contributed by atoms with van der Waals surface area (Å²) in [4.78, 5) is 0. The minimum atomic E-state index is 0.423. The van der Waals surface area contributed by atoms with E-state index in [2.05, 4.69) is 26.8 Å². The Bertz CT molecular complexity index is 211. The molecule has 2 aliphatic rings. The molecule has 1 saturated heterocycles. The number of rotatable bonds is 2. The first-order valence-corrected chi connectivity index (χ1v) is 4.89. The van der Waals surface area contributed by atoms with Crippen LogP contribution in [0.15, 0.2) is 11.6 Å². The van der Waals surface area contributed by atoms with Crippen LogP contribution in [0.4, 0.5) is 0 Å². The van der Waals surface area contributed by atoms with E-state index in [1.807, 2.05) is 0 Å². The summed E-state index contributed by atoms with van der Waals surface area (Å²) >= 11 is 0. The molecule has 1 aliphatic carbocycles. The maximum absolute atomic E-state index is 5.28. The zero-order valence-corrected chi connectivity index (χ0v) is 8.26. The first-order valence-electron chi connectivity index (χ1n) is 4.89. The summed E-state index contributed by atoms with van der Waals surface area (Å²) < 4.78 is 5.28. The second-order valence-electron chi connectivity index (χ2n) is 4.73. The summed E-state index contributed by atoms with van der Waals surface area (Å²) in [6.07, 6.45) is 5.51. The summed E-state index contributed by atoms with van der Waals surface area (Å²) in [5, 5.41) is 0. The SMILES string of the molecule is CC1=CC[C@@H](C[C@H]2CO2)C1(C)C. The molecule has 68 valence electrons. The highest BCUT2D eigenvalue weighted by atomic mass is 16.6. The van der Waals surface area contributed by atoms with Crippen molar-refractivity contribution in [3.8, 4) is 0 Å². The first kappa shape index (κ1) is 8.31. The zero-order valence-electron chi connectivity index (χ0n) is 8.26.